The van der Waals surface area contributed by atoms with Gasteiger partial charge in [-0.1, -0.05) is 121 Å². The molecule has 2 nitrogen and oxygen atoms in total. The standard InChI is InChI=1S/C40H27NO/c1-2-13-32(14-3-1)41(33-25-23-29(24-26-33)31-22-21-28-11-4-5-12-30(28)27-31)38-19-8-6-15-34(38)36-17-10-18-37-35-16-7-9-20-39(35)42-40(36)37/h1-27H. The molecule has 0 amide bonds. The van der Waals surface area contributed by atoms with Crippen LogP contribution in [0.25, 0.3) is 55.0 Å². The van der Waals surface area contributed by atoms with E-state index in [-0.39, 0.29) is 0 Å². The van der Waals surface area contributed by atoms with Crippen molar-refractivity contribution >= 4 is 49.8 Å². The molecule has 7 aromatic carbocycles. The molecule has 0 aliphatic carbocycles. The number of furan rings is 1. The topological polar surface area (TPSA) is 16.4 Å². The van der Waals surface area contributed by atoms with E-state index < -0.39 is 0 Å². The van der Waals surface area contributed by atoms with Gasteiger partial charge in [-0.2, -0.15) is 0 Å². The largest absolute Gasteiger partial charge is 0.455 e. The Morgan fingerprint density at radius 3 is 1.93 bits per heavy atom. The molecule has 198 valence electrons. The van der Waals surface area contributed by atoms with E-state index in [2.05, 4.69) is 157 Å². The first-order valence-electron chi connectivity index (χ1n) is 14.3. The van der Waals surface area contributed by atoms with Gasteiger partial charge < -0.3 is 9.32 Å². The van der Waals surface area contributed by atoms with Crippen LogP contribution >= 0.6 is 0 Å². The fraction of sp³-hybridized carbons (Fsp3) is 0. The summed E-state index contributed by atoms with van der Waals surface area (Å²) in [6.45, 7) is 0. The van der Waals surface area contributed by atoms with E-state index in [0.29, 0.717) is 0 Å². The third kappa shape index (κ3) is 4.13. The monoisotopic (exact) mass is 537 g/mol. The molecule has 0 spiro atoms. The predicted molar refractivity (Wildman–Crippen MR) is 177 cm³/mol. The molecule has 1 heterocycles. The zero-order chi connectivity index (χ0) is 27.9. The molecule has 0 unspecified atom stereocenters. The van der Waals surface area contributed by atoms with Crippen molar-refractivity contribution in [3.8, 4) is 22.3 Å². The van der Waals surface area contributed by atoms with E-state index >= 15 is 0 Å². The molecule has 0 fully saturated rings. The van der Waals surface area contributed by atoms with Crippen molar-refractivity contribution in [2.75, 3.05) is 4.90 Å². The van der Waals surface area contributed by atoms with Crippen LogP contribution in [0.2, 0.25) is 0 Å². The van der Waals surface area contributed by atoms with Gasteiger partial charge in [0.05, 0.1) is 5.69 Å². The maximum Gasteiger partial charge on any atom is 0.143 e. The van der Waals surface area contributed by atoms with E-state index in [1.165, 1.54) is 21.9 Å². The summed E-state index contributed by atoms with van der Waals surface area (Å²) in [5, 5.41) is 4.77. The molecular formula is C40H27NO. The average Bonchev–Trinajstić information content (AvgIpc) is 3.45. The number of para-hydroxylation sites is 4. The molecule has 0 atom stereocenters. The minimum Gasteiger partial charge on any atom is -0.455 e. The third-order valence-corrected chi connectivity index (χ3v) is 8.06. The number of hydrogen-bond donors (Lipinski definition) is 0. The lowest BCUT2D eigenvalue weighted by Gasteiger charge is -2.28. The Kier molecular flexibility index (Phi) is 5.82. The highest BCUT2D eigenvalue weighted by molar-refractivity contribution is 6.10. The van der Waals surface area contributed by atoms with Crippen LogP contribution in [-0.4, -0.2) is 0 Å². The number of nitrogens with zero attached hydrogens (tertiary/aromatic N) is 1. The zero-order valence-corrected chi connectivity index (χ0v) is 22.9. The van der Waals surface area contributed by atoms with Crippen molar-refractivity contribution in [1.82, 2.24) is 0 Å². The molecule has 0 radical (unpaired) electrons. The molecule has 0 bridgehead atoms. The van der Waals surface area contributed by atoms with Gasteiger partial charge in [-0.25, -0.2) is 0 Å². The summed E-state index contributed by atoms with van der Waals surface area (Å²) < 4.78 is 6.46. The number of anilines is 3. The highest BCUT2D eigenvalue weighted by Crippen LogP contribution is 2.44. The van der Waals surface area contributed by atoms with Crippen LogP contribution in [0.4, 0.5) is 17.1 Å². The van der Waals surface area contributed by atoms with Crippen molar-refractivity contribution in [3.63, 3.8) is 0 Å². The molecular weight excluding hydrogens is 510 g/mol. The van der Waals surface area contributed by atoms with Crippen molar-refractivity contribution in [2.24, 2.45) is 0 Å². The second kappa shape index (κ2) is 10.1. The Labute approximate surface area is 244 Å². The summed E-state index contributed by atoms with van der Waals surface area (Å²) in [5.74, 6) is 0. The van der Waals surface area contributed by atoms with Gasteiger partial charge in [0.2, 0.25) is 0 Å². The van der Waals surface area contributed by atoms with Crippen molar-refractivity contribution in [2.45, 2.75) is 0 Å². The predicted octanol–water partition coefficient (Wildman–Crippen LogP) is 11.5. The Bertz CT molecular complexity index is 2190. The smallest absolute Gasteiger partial charge is 0.143 e. The number of hydrogen-bond acceptors (Lipinski definition) is 2. The molecule has 0 aliphatic heterocycles. The Balaban J connectivity index is 1.28. The maximum absolute atomic E-state index is 6.46. The van der Waals surface area contributed by atoms with Gasteiger partial charge in [0, 0.05) is 33.3 Å². The fourth-order valence-corrected chi connectivity index (χ4v) is 6.03. The fourth-order valence-electron chi connectivity index (χ4n) is 6.03. The van der Waals surface area contributed by atoms with E-state index in [9.17, 15) is 0 Å². The number of rotatable bonds is 5. The summed E-state index contributed by atoms with van der Waals surface area (Å²) in [5.41, 5.74) is 9.69. The van der Waals surface area contributed by atoms with Gasteiger partial charge in [-0.05, 0) is 64.4 Å². The minimum absolute atomic E-state index is 0.904. The number of fused-ring (bicyclic) bond motifs is 4. The Morgan fingerprint density at radius 1 is 0.405 bits per heavy atom. The summed E-state index contributed by atoms with van der Waals surface area (Å²) in [6, 6.07) is 57.9. The van der Waals surface area contributed by atoms with Crippen LogP contribution in [0, 0.1) is 0 Å². The lowest BCUT2D eigenvalue weighted by atomic mass is 9.98. The first-order valence-corrected chi connectivity index (χ1v) is 14.3. The van der Waals surface area contributed by atoms with E-state index in [4.69, 9.17) is 4.42 Å². The summed E-state index contributed by atoms with van der Waals surface area (Å²) in [6.07, 6.45) is 0. The minimum atomic E-state index is 0.904. The molecule has 0 saturated heterocycles. The lowest BCUT2D eigenvalue weighted by Crippen LogP contribution is -2.11. The van der Waals surface area contributed by atoms with Crippen LogP contribution in [0.5, 0.6) is 0 Å². The molecule has 0 N–H and O–H groups in total. The second-order valence-corrected chi connectivity index (χ2v) is 10.6. The molecule has 8 aromatic rings. The van der Waals surface area contributed by atoms with E-state index in [0.717, 1.165) is 50.1 Å². The lowest BCUT2D eigenvalue weighted by molar-refractivity contribution is 0.670. The van der Waals surface area contributed by atoms with Gasteiger partial charge in [0.1, 0.15) is 11.2 Å². The first kappa shape index (κ1) is 24.2. The average molecular weight is 538 g/mol. The molecule has 0 aliphatic rings. The van der Waals surface area contributed by atoms with Gasteiger partial charge in [0.15, 0.2) is 0 Å². The van der Waals surface area contributed by atoms with E-state index in [1.807, 2.05) is 12.1 Å². The summed E-state index contributed by atoms with van der Waals surface area (Å²) >= 11 is 0. The van der Waals surface area contributed by atoms with Crippen molar-refractivity contribution in [3.05, 3.63) is 164 Å². The zero-order valence-electron chi connectivity index (χ0n) is 22.9. The molecule has 0 saturated carbocycles. The van der Waals surface area contributed by atoms with Crippen LogP contribution < -0.4 is 4.90 Å². The Morgan fingerprint density at radius 2 is 1.05 bits per heavy atom. The van der Waals surface area contributed by atoms with Gasteiger partial charge in [0.25, 0.3) is 0 Å². The third-order valence-electron chi connectivity index (χ3n) is 8.06. The SMILES string of the molecule is c1ccc(N(c2ccc(-c3ccc4ccccc4c3)cc2)c2ccccc2-c2cccc3c2oc2ccccc23)cc1. The highest BCUT2D eigenvalue weighted by atomic mass is 16.3. The van der Waals surface area contributed by atoms with Crippen molar-refractivity contribution < 1.29 is 4.42 Å². The van der Waals surface area contributed by atoms with Gasteiger partial charge >= 0.3 is 0 Å². The second-order valence-electron chi connectivity index (χ2n) is 10.6. The van der Waals surface area contributed by atoms with Gasteiger partial charge in [-0.3, -0.25) is 0 Å². The van der Waals surface area contributed by atoms with Crippen LogP contribution in [0.1, 0.15) is 0 Å². The molecule has 1 aromatic heterocycles. The Hall–Kier alpha value is -5.60. The van der Waals surface area contributed by atoms with Crippen LogP contribution in [-0.2, 0) is 0 Å². The quantitative estimate of drug-likeness (QED) is 0.217. The van der Waals surface area contributed by atoms with E-state index in [1.54, 1.807) is 0 Å². The summed E-state index contributed by atoms with van der Waals surface area (Å²) in [7, 11) is 0. The highest BCUT2D eigenvalue weighted by Gasteiger charge is 2.20. The molecule has 42 heavy (non-hydrogen) atoms. The molecule has 8 rings (SSSR count). The molecule has 2 heteroatoms. The van der Waals surface area contributed by atoms with Crippen LogP contribution in [0.3, 0.4) is 0 Å². The number of benzene rings is 7. The first-order chi connectivity index (χ1) is 20.8. The van der Waals surface area contributed by atoms with Crippen molar-refractivity contribution in [1.29, 1.82) is 0 Å². The normalized spacial score (nSPS) is 11.3. The van der Waals surface area contributed by atoms with Crippen LogP contribution in [0.15, 0.2) is 168 Å². The van der Waals surface area contributed by atoms with Gasteiger partial charge in [-0.15, -0.1) is 0 Å². The summed E-state index contributed by atoms with van der Waals surface area (Å²) in [4.78, 5) is 2.33. The maximum atomic E-state index is 6.46.